The smallest absolute Gasteiger partial charge is 0.311 e. The number of rotatable bonds is 3. The summed E-state index contributed by atoms with van der Waals surface area (Å²) in [7, 11) is 0. The molecule has 0 amide bonds. The summed E-state index contributed by atoms with van der Waals surface area (Å²) in [4.78, 5) is 25.3. The van der Waals surface area contributed by atoms with Gasteiger partial charge in [0.1, 0.15) is 0 Å². The second kappa shape index (κ2) is 6.29. The highest BCUT2D eigenvalue weighted by Crippen LogP contribution is 2.44. The molecule has 0 unspecified atom stereocenters. The number of carboxylic acid groups (broad SMARTS) is 1. The van der Waals surface area contributed by atoms with Crippen molar-refractivity contribution < 1.29 is 14.6 Å². The van der Waals surface area contributed by atoms with Crippen LogP contribution in [0.25, 0.3) is 0 Å². The quantitative estimate of drug-likeness (QED) is 0.880. The van der Waals surface area contributed by atoms with Crippen LogP contribution in [0.5, 0.6) is 0 Å². The summed E-state index contributed by atoms with van der Waals surface area (Å²) in [6, 6.07) is 2.23. The molecule has 1 aromatic heterocycles. The minimum absolute atomic E-state index is 0.0990. The first-order valence-electron chi connectivity index (χ1n) is 8.76. The molecule has 3 atom stereocenters. The maximum absolute atomic E-state index is 12.2. The Morgan fingerprint density at radius 2 is 2.17 bits per heavy atom. The van der Waals surface area contributed by atoms with Gasteiger partial charge in [-0.05, 0) is 31.9 Å². The monoisotopic (exact) mass is 332 g/mol. The van der Waals surface area contributed by atoms with Gasteiger partial charge < -0.3 is 14.7 Å². The number of anilines is 1. The van der Waals surface area contributed by atoms with Crippen molar-refractivity contribution in [3.8, 4) is 0 Å². The zero-order valence-corrected chi connectivity index (χ0v) is 13.8. The van der Waals surface area contributed by atoms with Crippen LogP contribution in [0.15, 0.2) is 18.5 Å². The average Bonchev–Trinajstić information content (AvgIpc) is 3.21. The fraction of sp³-hybridized carbons (Fsp3) is 0.706. The Kier molecular flexibility index (Phi) is 4.14. The molecular formula is C17H24N4O3. The van der Waals surface area contributed by atoms with Crippen molar-refractivity contribution in [2.75, 3.05) is 44.3 Å². The largest absolute Gasteiger partial charge is 0.481 e. The van der Waals surface area contributed by atoms with Crippen molar-refractivity contribution in [1.29, 1.82) is 0 Å². The third-order valence-corrected chi connectivity index (χ3v) is 5.90. The molecule has 3 aliphatic heterocycles. The van der Waals surface area contributed by atoms with Gasteiger partial charge in [-0.1, -0.05) is 0 Å². The highest BCUT2D eigenvalue weighted by Gasteiger charge is 2.54. The molecule has 4 rings (SSSR count). The summed E-state index contributed by atoms with van der Waals surface area (Å²) in [6.45, 7) is 4.61. The summed E-state index contributed by atoms with van der Waals surface area (Å²) in [5, 5.41) is 10.0. The van der Waals surface area contributed by atoms with E-state index in [9.17, 15) is 9.90 Å². The molecular weight excluding hydrogens is 308 g/mol. The summed E-state index contributed by atoms with van der Waals surface area (Å²) in [6.07, 6.45) is 6.12. The standard InChI is InChI=1S/C17H24N4O3/c22-15(23)17-4-1-7-20(14-3-8-24-11-14)9-13(17)10-21(12-17)16-18-5-2-6-19-16/h2,5-6,13-14H,1,3-4,7-12H2,(H,22,23)/t13-,14+,17-/m0/s1. The lowest BCUT2D eigenvalue weighted by molar-refractivity contribution is -0.150. The molecule has 7 heteroatoms. The van der Waals surface area contributed by atoms with Crippen LogP contribution >= 0.6 is 0 Å². The zero-order chi connectivity index (χ0) is 16.6. The fourth-order valence-corrected chi connectivity index (χ4v) is 4.56. The Balaban J connectivity index is 1.58. The van der Waals surface area contributed by atoms with E-state index in [0.717, 1.165) is 45.6 Å². The third kappa shape index (κ3) is 2.65. The van der Waals surface area contributed by atoms with E-state index in [2.05, 4.69) is 14.9 Å². The van der Waals surface area contributed by atoms with Gasteiger partial charge in [0.05, 0.1) is 12.0 Å². The Bertz CT molecular complexity index is 593. The van der Waals surface area contributed by atoms with Crippen LogP contribution in [-0.4, -0.2) is 71.4 Å². The molecule has 0 saturated carbocycles. The van der Waals surface area contributed by atoms with Crippen LogP contribution < -0.4 is 4.90 Å². The summed E-state index contributed by atoms with van der Waals surface area (Å²) in [5.74, 6) is 0.0688. The second-order valence-corrected chi connectivity index (χ2v) is 7.20. The molecule has 0 radical (unpaired) electrons. The van der Waals surface area contributed by atoms with Gasteiger partial charge in [-0.25, -0.2) is 9.97 Å². The maximum atomic E-state index is 12.2. The normalized spacial score (nSPS) is 34.1. The van der Waals surface area contributed by atoms with Crippen molar-refractivity contribution in [2.45, 2.75) is 25.3 Å². The van der Waals surface area contributed by atoms with Crippen LogP contribution in [0.2, 0.25) is 0 Å². The van der Waals surface area contributed by atoms with Crippen molar-refractivity contribution in [3.05, 3.63) is 18.5 Å². The van der Waals surface area contributed by atoms with Crippen LogP contribution in [0.3, 0.4) is 0 Å². The number of hydrogen-bond acceptors (Lipinski definition) is 6. The predicted molar refractivity (Wildman–Crippen MR) is 87.8 cm³/mol. The van der Waals surface area contributed by atoms with Crippen LogP contribution in [0, 0.1) is 11.3 Å². The van der Waals surface area contributed by atoms with Crippen molar-refractivity contribution in [1.82, 2.24) is 14.9 Å². The van der Waals surface area contributed by atoms with E-state index in [1.807, 2.05) is 4.90 Å². The SMILES string of the molecule is O=C(O)[C@]12CCCN([C@@H]3CCOC3)C[C@H]1CN(c1ncccn1)C2. The van der Waals surface area contributed by atoms with E-state index in [4.69, 9.17) is 4.74 Å². The molecule has 7 nitrogen and oxygen atoms in total. The highest BCUT2D eigenvalue weighted by atomic mass is 16.5. The minimum Gasteiger partial charge on any atom is -0.481 e. The lowest BCUT2D eigenvalue weighted by Crippen LogP contribution is -2.44. The van der Waals surface area contributed by atoms with Gasteiger partial charge in [0, 0.05) is 50.6 Å². The number of carboxylic acids is 1. The molecule has 3 saturated heterocycles. The topological polar surface area (TPSA) is 78.8 Å². The van der Waals surface area contributed by atoms with E-state index in [1.54, 1.807) is 18.5 Å². The lowest BCUT2D eigenvalue weighted by atomic mass is 9.75. The first-order chi connectivity index (χ1) is 11.7. The average molecular weight is 332 g/mol. The van der Waals surface area contributed by atoms with Crippen molar-refractivity contribution in [2.24, 2.45) is 11.3 Å². The van der Waals surface area contributed by atoms with Crippen molar-refractivity contribution >= 4 is 11.9 Å². The Hall–Kier alpha value is -1.73. The van der Waals surface area contributed by atoms with Crippen LogP contribution in [-0.2, 0) is 9.53 Å². The molecule has 3 aliphatic rings. The van der Waals surface area contributed by atoms with E-state index >= 15 is 0 Å². The van der Waals surface area contributed by atoms with Gasteiger partial charge in [0.15, 0.2) is 0 Å². The fourth-order valence-electron chi connectivity index (χ4n) is 4.56. The third-order valence-electron chi connectivity index (χ3n) is 5.90. The molecule has 0 aliphatic carbocycles. The van der Waals surface area contributed by atoms with E-state index in [1.165, 1.54) is 0 Å². The molecule has 4 heterocycles. The Morgan fingerprint density at radius 3 is 2.88 bits per heavy atom. The summed E-state index contributed by atoms with van der Waals surface area (Å²) >= 11 is 0. The molecule has 3 fully saturated rings. The van der Waals surface area contributed by atoms with Gasteiger partial charge >= 0.3 is 5.97 Å². The molecule has 0 spiro atoms. The summed E-state index contributed by atoms with van der Waals surface area (Å²) < 4.78 is 5.54. The van der Waals surface area contributed by atoms with E-state index < -0.39 is 11.4 Å². The molecule has 24 heavy (non-hydrogen) atoms. The van der Waals surface area contributed by atoms with Crippen molar-refractivity contribution in [3.63, 3.8) is 0 Å². The van der Waals surface area contributed by atoms with E-state index in [-0.39, 0.29) is 5.92 Å². The van der Waals surface area contributed by atoms with Gasteiger partial charge in [-0.15, -0.1) is 0 Å². The maximum Gasteiger partial charge on any atom is 0.311 e. The number of likely N-dealkylation sites (tertiary alicyclic amines) is 1. The second-order valence-electron chi connectivity index (χ2n) is 7.20. The zero-order valence-electron chi connectivity index (χ0n) is 13.8. The minimum atomic E-state index is -0.687. The van der Waals surface area contributed by atoms with Crippen LogP contribution in [0.4, 0.5) is 5.95 Å². The number of aromatic nitrogens is 2. The van der Waals surface area contributed by atoms with Gasteiger partial charge in [0.2, 0.25) is 5.95 Å². The highest BCUT2D eigenvalue weighted by molar-refractivity contribution is 5.77. The summed E-state index contributed by atoms with van der Waals surface area (Å²) in [5.41, 5.74) is -0.687. The molecule has 0 bridgehead atoms. The lowest BCUT2D eigenvalue weighted by Gasteiger charge is -2.31. The molecule has 1 N–H and O–H groups in total. The van der Waals surface area contributed by atoms with Gasteiger partial charge in [-0.2, -0.15) is 0 Å². The Labute approximate surface area is 141 Å². The van der Waals surface area contributed by atoms with E-state index in [0.29, 0.717) is 25.1 Å². The first-order valence-corrected chi connectivity index (χ1v) is 8.76. The Morgan fingerprint density at radius 1 is 1.33 bits per heavy atom. The number of ether oxygens (including phenoxy) is 1. The number of hydrogen-bond donors (Lipinski definition) is 1. The molecule has 130 valence electrons. The number of carbonyl (C=O) groups is 1. The first kappa shape index (κ1) is 15.8. The number of nitrogens with zero attached hydrogens (tertiary/aromatic N) is 4. The number of aliphatic carboxylic acids is 1. The van der Waals surface area contributed by atoms with Gasteiger partial charge in [0.25, 0.3) is 0 Å². The van der Waals surface area contributed by atoms with Gasteiger partial charge in [-0.3, -0.25) is 9.69 Å². The predicted octanol–water partition coefficient (Wildman–Crippen LogP) is 0.868. The number of fused-ring (bicyclic) bond motifs is 1. The molecule has 1 aromatic rings. The van der Waals surface area contributed by atoms with Crippen LogP contribution in [0.1, 0.15) is 19.3 Å². The molecule has 0 aromatic carbocycles.